The summed E-state index contributed by atoms with van der Waals surface area (Å²) in [6, 6.07) is 5.67. The normalized spacial score (nSPS) is 12.9. The summed E-state index contributed by atoms with van der Waals surface area (Å²) in [5, 5.41) is 0. The number of ketones is 1. The monoisotopic (exact) mass is 322 g/mol. The molecule has 24 heavy (non-hydrogen) atoms. The third-order valence-corrected chi connectivity index (χ3v) is 5.07. The molecule has 0 bridgehead atoms. The number of carbonyl (C=O) groups excluding carboxylic acids is 1. The van der Waals surface area contributed by atoms with Crippen LogP contribution in [0, 0.1) is 34.6 Å². The van der Waals surface area contributed by atoms with E-state index in [9.17, 15) is 4.79 Å². The molecule has 0 amide bonds. The Morgan fingerprint density at radius 1 is 0.875 bits per heavy atom. The zero-order chi connectivity index (χ0) is 17.4. The molecule has 2 aromatic carbocycles. The van der Waals surface area contributed by atoms with Crippen molar-refractivity contribution in [2.45, 2.75) is 34.6 Å². The molecule has 0 spiro atoms. The predicted octanol–water partition coefficient (Wildman–Crippen LogP) is 4.85. The second-order valence-corrected chi connectivity index (χ2v) is 6.31. The molecule has 3 nitrogen and oxygen atoms in total. The molecule has 3 heteroatoms. The first kappa shape index (κ1) is 16.3. The van der Waals surface area contributed by atoms with Crippen LogP contribution >= 0.6 is 0 Å². The first-order valence-electron chi connectivity index (χ1n) is 8.09. The molecule has 124 valence electrons. The Labute approximate surface area is 142 Å². The van der Waals surface area contributed by atoms with E-state index in [1.165, 1.54) is 16.7 Å². The summed E-state index contributed by atoms with van der Waals surface area (Å²) in [6.45, 7) is 10.6. The number of carbonyl (C=O) groups is 1. The topological polar surface area (TPSA) is 35.5 Å². The molecule has 1 aliphatic rings. The summed E-state index contributed by atoms with van der Waals surface area (Å²) >= 11 is 0. The number of fused-ring (bicyclic) bond motifs is 1. The van der Waals surface area contributed by atoms with Crippen LogP contribution in [0.1, 0.15) is 43.7 Å². The summed E-state index contributed by atoms with van der Waals surface area (Å²) in [4.78, 5) is 12.8. The van der Waals surface area contributed by atoms with Crippen molar-refractivity contribution in [1.82, 2.24) is 0 Å². The van der Waals surface area contributed by atoms with Crippen LogP contribution in [-0.2, 0) is 0 Å². The SMILES string of the molecule is Cc1c(C)c(C)c(C(=O)/C=C\c2ccc3c(c2)OCO3)c(C)c1C. The van der Waals surface area contributed by atoms with Crippen molar-refractivity contribution in [3.63, 3.8) is 0 Å². The van der Waals surface area contributed by atoms with E-state index in [1.54, 1.807) is 6.08 Å². The summed E-state index contributed by atoms with van der Waals surface area (Å²) in [5.74, 6) is 1.50. The number of rotatable bonds is 3. The van der Waals surface area contributed by atoms with Crippen LogP contribution in [0.5, 0.6) is 11.5 Å². The van der Waals surface area contributed by atoms with Crippen LogP contribution in [0.3, 0.4) is 0 Å². The van der Waals surface area contributed by atoms with Crippen molar-refractivity contribution in [2.75, 3.05) is 6.79 Å². The molecule has 3 rings (SSSR count). The van der Waals surface area contributed by atoms with Crippen LogP contribution in [0.4, 0.5) is 0 Å². The second-order valence-electron chi connectivity index (χ2n) is 6.31. The van der Waals surface area contributed by atoms with Gasteiger partial charge in [0.25, 0.3) is 0 Å². The maximum atomic E-state index is 12.8. The molecule has 0 fully saturated rings. The van der Waals surface area contributed by atoms with Gasteiger partial charge in [0.1, 0.15) is 0 Å². The number of hydrogen-bond donors (Lipinski definition) is 0. The average molecular weight is 322 g/mol. The first-order valence-corrected chi connectivity index (χ1v) is 8.09. The van der Waals surface area contributed by atoms with Crippen molar-refractivity contribution in [1.29, 1.82) is 0 Å². The Bertz CT molecular complexity index is 831. The Kier molecular flexibility index (Phi) is 4.18. The van der Waals surface area contributed by atoms with Crippen LogP contribution < -0.4 is 9.47 Å². The van der Waals surface area contributed by atoms with Gasteiger partial charge in [-0.3, -0.25) is 4.79 Å². The molecule has 0 aliphatic carbocycles. The van der Waals surface area contributed by atoms with E-state index in [0.717, 1.165) is 33.8 Å². The Hall–Kier alpha value is -2.55. The van der Waals surface area contributed by atoms with E-state index in [2.05, 4.69) is 20.8 Å². The van der Waals surface area contributed by atoms with Crippen LogP contribution in [0.15, 0.2) is 24.3 Å². The fourth-order valence-electron chi connectivity index (χ4n) is 3.14. The zero-order valence-corrected chi connectivity index (χ0v) is 14.8. The van der Waals surface area contributed by atoms with Gasteiger partial charge in [-0.25, -0.2) is 0 Å². The maximum Gasteiger partial charge on any atom is 0.231 e. The molecular weight excluding hydrogens is 300 g/mol. The van der Waals surface area contributed by atoms with Crippen molar-refractivity contribution >= 4 is 11.9 Å². The zero-order valence-electron chi connectivity index (χ0n) is 14.8. The third kappa shape index (κ3) is 2.71. The summed E-state index contributed by atoms with van der Waals surface area (Å²) in [6.07, 6.45) is 3.47. The van der Waals surface area contributed by atoms with E-state index < -0.39 is 0 Å². The van der Waals surface area contributed by atoms with Gasteiger partial charge in [-0.15, -0.1) is 0 Å². The van der Waals surface area contributed by atoms with E-state index in [0.29, 0.717) is 0 Å². The van der Waals surface area contributed by atoms with Crippen molar-refractivity contribution in [3.8, 4) is 11.5 Å². The van der Waals surface area contributed by atoms with Gasteiger partial charge in [0.2, 0.25) is 6.79 Å². The highest BCUT2D eigenvalue weighted by Crippen LogP contribution is 2.33. The van der Waals surface area contributed by atoms with Crippen LogP contribution in [0.25, 0.3) is 6.08 Å². The fourth-order valence-corrected chi connectivity index (χ4v) is 3.14. The van der Waals surface area contributed by atoms with Gasteiger partial charge < -0.3 is 9.47 Å². The first-order chi connectivity index (χ1) is 11.4. The molecule has 0 atom stereocenters. The lowest BCUT2D eigenvalue weighted by atomic mass is 9.87. The Balaban J connectivity index is 1.93. The molecule has 1 aliphatic heterocycles. The lowest BCUT2D eigenvalue weighted by Gasteiger charge is -2.16. The highest BCUT2D eigenvalue weighted by Gasteiger charge is 2.17. The van der Waals surface area contributed by atoms with Crippen LogP contribution in [0.2, 0.25) is 0 Å². The number of hydrogen-bond acceptors (Lipinski definition) is 3. The maximum absolute atomic E-state index is 12.8. The van der Waals surface area contributed by atoms with Gasteiger partial charge in [0, 0.05) is 5.56 Å². The van der Waals surface area contributed by atoms with Crippen LogP contribution in [-0.4, -0.2) is 12.6 Å². The summed E-state index contributed by atoms with van der Waals surface area (Å²) in [7, 11) is 0. The number of allylic oxidation sites excluding steroid dienone is 1. The van der Waals surface area contributed by atoms with E-state index >= 15 is 0 Å². The van der Waals surface area contributed by atoms with Gasteiger partial charge in [-0.2, -0.15) is 0 Å². The van der Waals surface area contributed by atoms with Gasteiger partial charge in [0.15, 0.2) is 17.3 Å². The standard InChI is InChI=1S/C21H22O3/c1-12-13(2)15(4)21(16(5)14(12)3)18(22)8-6-17-7-9-19-20(10-17)24-11-23-19/h6-10H,11H2,1-5H3/b8-6-. The smallest absolute Gasteiger partial charge is 0.231 e. The second kappa shape index (κ2) is 6.16. The summed E-state index contributed by atoms with van der Waals surface area (Å²) < 4.78 is 10.7. The van der Waals surface area contributed by atoms with E-state index in [4.69, 9.17) is 9.47 Å². The minimum absolute atomic E-state index is 0.0360. The molecule has 0 saturated heterocycles. The van der Waals surface area contributed by atoms with Crippen molar-refractivity contribution in [3.05, 3.63) is 63.2 Å². The van der Waals surface area contributed by atoms with Crippen molar-refractivity contribution < 1.29 is 14.3 Å². The largest absolute Gasteiger partial charge is 0.454 e. The molecule has 0 saturated carbocycles. The number of benzene rings is 2. The van der Waals surface area contributed by atoms with Gasteiger partial charge in [-0.05, 0) is 86.2 Å². The lowest BCUT2D eigenvalue weighted by molar-refractivity contribution is 0.104. The molecule has 2 aromatic rings. The number of ether oxygens (including phenoxy) is 2. The quantitative estimate of drug-likeness (QED) is 0.598. The van der Waals surface area contributed by atoms with Crippen molar-refractivity contribution in [2.24, 2.45) is 0 Å². The van der Waals surface area contributed by atoms with E-state index in [1.807, 2.05) is 38.1 Å². The minimum atomic E-state index is 0.0360. The highest BCUT2D eigenvalue weighted by molar-refractivity contribution is 6.09. The molecule has 0 N–H and O–H groups in total. The third-order valence-electron chi connectivity index (χ3n) is 5.07. The highest BCUT2D eigenvalue weighted by atomic mass is 16.7. The molecular formula is C21H22O3. The molecule has 1 heterocycles. The predicted molar refractivity (Wildman–Crippen MR) is 96.1 cm³/mol. The Morgan fingerprint density at radius 3 is 2.12 bits per heavy atom. The fraction of sp³-hybridized carbons (Fsp3) is 0.286. The Morgan fingerprint density at radius 2 is 1.46 bits per heavy atom. The minimum Gasteiger partial charge on any atom is -0.454 e. The average Bonchev–Trinajstić information content (AvgIpc) is 3.04. The van der Waals surface area contributed by atoms with Gasteiger partial charge in [-0.1, -0.05) is 12.1 Å². The molecule has 0 radical (unpaired) electrons. The lowest BCUT2D eigenvalue weighted by Crippen LogP contribution is -2.07. The van der Waals surface area contributed by atoms with E-state index in [-0.39, 0.29) is 12.6 Å². The summed E-state index contributed by atoms with van der Waals surface area (Å²) in [5.41, 5.74) is 7.51. The molecule has 0 unspecified atom stereocenters. The molecule has 0 aromatic heterocycles. The van der Waals surface area contributed by atoms with Gasteiger partial charge in [0.05, 0.1) is 0 Å². The van der Waals surface area contributed by atoms with Gasteiger partial charge >= 0.3 is 0 Å².